The van der Waals surface area contributed by atoms with E-state index in [1.54, 1.807) is 13.3 Å². The fraction of sp³-hybridized carbons (Fsp3) is 0.786. The van der Waals surface area contributed by atoms with E-state index >= 15 is 0 Å². The minimum atomic E-state index is 0.0812. The SMILES string of the molecule is COc1cnn(C)c1C(NN)C1CCCCC1(C)C. The van der Waals surface area contributed by atoms with Gasteiger partial charge >= 0.3 is 0 Å². The summed E-state index contributed by atoms with van der Waals surface area (Å²) < 4.78 is 7.30. The van der Waals surface area contributed by atoms with Gasteiger partial charge in [0.05, 0.1) is 25.0 Å². The van der Waals surface area contributed by atoms with Crippen molar-refractivity contribution in [2.45, 2.75) is 45.6 Å². The topological polar surface area (TPSA) is 65.1 Å². The van der Waals surface area contributed by atoms with Crippen LogP contribution in [0, 0.1) is 11.3 Å². The lowest BCUT2D eigenvalue weighted by Crippen LogP contribution is -2.42. The van der Waals surface area contributed by atoms with Crippen LogP contribution in [0.2, 0.25) is 0 Å². The first-order valence-electron chi connectivity index (χ1n) is 7.03. The Bertz CT molecular complexity index is 427. The summed E-state index contributed by atoms with van der Waals surface area (Å²) >= 11 is 0. The lowest BCUT2D eigenvalue weighted by Gasteiger charge is -2.43. The fourth-order valence-electron chi connectivity index (χ4n) is 3.46. The van der Waals surface area contributed by atoms with Gasteiger partial charge in [-0.25, -0.2) is 0 Å². The highest BCUT2D eigenvalue weighted by Gasteiger charge is 2.40. The van der Waals surface area contributed by atoms with Crippen molar-refractivity contribution < 1.29 is 4.74 Å². The largest absolute Gasteiger partial charge is 0.493 e. The molecule has 1 heterocycles. The van der Waals surface area contributed by atoms with Gasteiger partial charge in [-0.05, 0) is 24.2 Å². The summed E-state index contributed by atoms with van der Waals surface area (Å²) in [6.45, 7) is 4.67. The van der Waals surface area contributed by atoms with Crippen LogP contribution in [-0.2, 0) is 7.05 Å². The van der Waals surface area contributed by atoms with E-state index in [4.69, 9.17) is 10.6 Å². The molecule has 0 aromatic carbocycles. The standard InChI is InChI=1S/C14H26N4O/c1-14(2)8-6-5-7-10(14)12(17-15)13-11(19-4)9-16-18(13)3/h9-10,12,17H,5-8,15H2,1-4H3. The number of aryl methyl sites for hydroxylation is 1. The van der Waals surface area contributed by atoms with E-state index in [0.717, 1.165) is 11.4 Å². The van der Waals surface area contributed by atoms with Gasteiger partial charge in [0.1, 0.15) is 0 Å². The van der Waals surface area contributed by atoms with Gasteiger partial charge < -0.3 is 4.74 Å². The maximum absolute atomic E-state index is 5.86. The van der Waals surface area contributed by atoms with Crippen molar-refractivity contribution >= 4 is 0 Å². The van der Waals surface area contributed by atoms with Crippen molar-refractivity contribution in [1.29, 1.82) is 0 Å². The van der Waals surface area contributed by atoms with E-state index in [-0.39, 0.29) is 11.5 Å². The fourth-order valence-corrected chi connectivity index (χ4v) is 3.46. The normalized spacial score (nSPS) is 24.2. The van der Waals surface area contributed by atoms with E-state index in [1.165, 1.54) is 25.7 Å². The molecule has 2 rings (SSSR count). The average Bonchev–Trinajstić information content (AvgIpc) is 2.74. The van der Waals surface area contributed by atoms with Gasteiger partial charge in [0.2, 0.25) is 0 Å². The van der Waals surface area contributed by atoms with Gasteiger partial charge in [0.25, 0.3) is 0 Å². The molecule has 5 heteroatoms. The Morgan fingerprint density at radius 3 is 2.84 bits per heavy atom. The Labute approximate surface area is 115 Å². The number of hydrogen-bond donors (Lipinski definition) is 2. The van der Waals surface area contributed by atoms with Crippen LogP contribution in [0.15, 0.2) is 6.20 Å². The summed E-state index contributed by atoms with van der Waals surface area (Å²) in [5.41, 5.74) is 4.33. The first-order chi connectivity index (χ1) is 9.01. The minimum absolute atomic E-state index is 0.0812. The van der Waals surface area contributed by atoms with Crippen molar-refractivity contribution in [2.24, 2.45) is 24.2 Å². The predicted octanol–water partition coefficient (Wildman–Crippen LogP) is 2.15. The summed E-state index contributed by atoms with van der Waals surface area (Å²) in [5.74, 6) is 7.17. The highest BCUT2D eigenvalue weighted by atomic mass is 16.5. The summed E-state index contributed by atoms with van der Waals surface area (Å²) in [6, 6.07) is 0.0812. The van der Waals surface area contributed by atoms with Gasteiger partial charge in [-0.2, -0.15) is 5.10 Å². The molecule has 1 aromatic rings. The number of nitrogens with one attached hydrogen (secondary N) is 1. The van der Waals surface area contributed by atoms with Crippen LogP contribution < -0.4 is 16.0 Å². The molecule has 1 aromatic heterocycles. The second-order valence-electron chi connectivity index (χ2n) is 6.21. The van der Waals surface area contributed by atoms with Gasteiger partial charge in [-0.3, -0.25) is 16.0 Å². The third kappa shape index (κ3) is 2.62. The van der Waals surface area contributed by atoms with E-state index < -0.39 is 0 Å². The molecule has 1 fully saturated rings. The van der Waals surface area contributed by atoms with Gasteiger partial charge in [0, 0.05) is 7.05 Å². The van der Waals surface area contributed by atoms with Gasteiger partial charge in [0.15, 0.2) is 5.75 Å². The van der Waals surface area contributed by atoms with E-state index in [9.17, 15) is 0 Å². The molecule has 19 heavy (non-hydrogen) atoms. The second kappa shape index (κ2) is 5.51. The van der Waals surface area contributed by atoms with Crippen LogP contribution in [0.5, 0.6) is 5.75 Å². The predicted molar refractivity (Wildman–Crippen MR) is 75.6 cm³/mol. The molecule has 1 aliphatic rings. The molecule has 0 bridgehead atoms. The highest BCUT2D eigenvalue weighted by Crippen LogP contribution is 2.47. The van der Waals surface area contributed by atoms with Crippen LogP contribution in [0.4, 0.5) is 0 Å². The molecule has 0 amide bonds. The number of nitrogens with two attached hydrogens (primary N) is 1. The second-order valence-corrected chi connectivity index (χ2v) is 6.21. The number of nitrogens with zero attached hydrogens (tertiary/aromatic N) is 2. The smallest absolute Gasteiger partial charge is 0.161 e. The maximum atomic E-state index is 5.86. The molecule has 1 aliphatic carbocycles. The quantitative estimate of drug-likeness (QED) is 0.647. The van der Waals surface area contributed by atoms with Crippen molar-refractivity contribution in [3.8, 4) is 5.75 Å². The summed E-state index contributed by atoms with van der Waals surface area (Å²) in [4.78, 5) is 0. The number of rotatable bonds is 4. The Morgan fingerprint density at radius 1 is 1.53 bits per heavy atom. The van der Waals surface area contributed by atoms with Gasteiger partial charge in [-0.1, -0.05) is 26.7 Å². The first kappa shape index (κ1) is 14.3. The number of methoxy groups -OCH3 is 1. The Balaban J connectivity index is 2.35. The van der Waals surface area contributed by atoms with Crippen LogP contribution in [0.25, 0.3) is 0 Å². The van der Waals surface area contributed by atoms with E-state index in [0.29, 0.717) is 5.92 Å². The average molecular weight is 266 g/mol. The molecule has 5 nitrogen and oxygen atoms in total. The van der Waals surface area contributed by atoms with Crippen LogP contribution in [-0.4, -0.2) is 16.9 Å². The van der Waals surface area contributed by atoms with E-state index in [2.05, 4.69) is 24.4 Å². The van der Waals surface area contributed by atoms with Crippen molar-refractivity contribution in [3.05, 3.63) is 11.9 Å². The van der Waals surface area contributed by atoms with Gasteiger partial charge in [-0.15, -0.1) is 0 Å². The van der Waals surface area contributed by atoms with Crippen LogP contribution in [0.1, 0.15) is 51.3 Å². The number of hydrogen-bond acceptors (Lipinski definition) is 4. The summed E-state index contributed by atoms with van der Waals surface area (Å²) in [7, 11) is 3.62. The molecule has 2 unspecified atom stereocenters. The molecule has 0 saturated heterocycles. The molecular weight excluding hydrogens is 240 g/mol. The Hall–Kier alpha value is -1.07. The van der Waals surface area contributed by atoms with Crippen molar-refractivity contribution in [1.82, 2.24) is 15.2 Å². The summed E-state index contributed by atoms with van der Waals surface area (Å²) in [5, 5.41) is 4.29. The molecule has 2 atom stereocenters. The number of ether oxygens (including phenoxy) is 1. The lowest BCUT2D eigenvalue weighted by molar-refractivity contribution is 0.0940. The molecule has 1 saturated carbocycles. The third-order valence-corrected chi connectivity index (χ3v) is 4.64. The van der Waals surface area contributed by atoms with Crippen LogP contribution in [0.3, 0.4) is 0 Å². The first-order valence-corrected chi connectivity index (χ1v) is 7.03. The monoisotopic (exact) mass is 266 g/mol. The lowest BCUT2D eigenvalue weighted by atomic mass is 9.65. The molecule has 0 spiro atoms. The molecule has 108 valence electrons. The third-order valence-electron chi connectivity index (χ3n) is 4.64. The number of hydrazine groups is 1. The Kier molecular flexibility index (Phi) is 4.16. The molecule has 3 N–H and O–H groups in total. The zero-order chi connectivity index (χ0) is 14.0. The highest BCUT2D eigenvalue weighted by molar-refractivity contribution is 5.29. The molecule has 0 radical (unpaired) electrons. The zero-order valence-electron chi connectivity index (χ0n) is 12.4. The minimum Gasteiger partial charge on any atom is -0.493 e. The molecular formula is C14H26N4O. The maximum Gasteiger partial charge on any atom is 0.161 e. The van der Waals surface area contributed by atoms with E-state index in [1.807, 2.05) is 11.7 Å². The van der Waals surface area contributed by atoms with Crippen molar-refractivity contribution in [2.75, 3.05) is 7.11 Å². The van der Waals surface area contributed by atoms with Crippen molar-refractivity contribution in [3.63, 3.8) is 0 Å². The summed E-state index contributed by atoms with van der Waals surface area (Å²) in [6.07, 6.45) is 6.78. The Morgan fingerprint density at radius 2 is 2.26 bits per heavy atom. The number of aromatic nitrogens is 2. The molecule has 0 aliphatic heterocycles. The zero-order valence-corrected chi connectivity index (χ0v) is 12.4. The van der Waals surface area contributed by atoms with Crippen LogP contribution >= 0.6 is 0 Å².